The molecule has 0 saturated carbocycles. The molecule has 0 aliphatic rings. The van der Waals surface area contributed by atoms with Crippen LogP contribution in [-0.2, 0) is 14.3 Å². The lowest BCUT2D eigenvalue weighted by atomic mass is 10.1. The van der Waals surface area contributed by atoms with Gasteiger partial charge in [-0.2, -0.15) is 5.10 Å². The van der Waals surface area contributed by atoms with Gasteiger partial charge in [0.05, 0.1) is 24.2 Å². The van der Waals surface area contributed by atoms with E-state index in [1.54, 1.807) is 54.7 Å². The van der Waals surface area contributed by atoms with Crippen molar-refractivity contribution in [2.45, 2.75) is 53.1 Å². The van der Waals surface area contributed by atoms with Crippen LogP contribution in [0.3, 0.4) is 0 Å². The maximum Gasteiger partial charge on any atom is 0.341 e. The first-order valence-electron chi connectivity index (χ1n) is 10.3. The van der Waals surface area contributed by atoms with Crippen LogP contribution in [0.4, 0.5) is 0 Å². The van der Waals surface area contributed by atoms with Crippen LogP contribution in [0, 0.1) is 6.92 Å². The fourth-order valence-electron chi connectivity index (χ4n) is 3.00. The van der Waals surface area contributed by atoms with Gasteiger partial charge in [0.15, 0.2) is 0 Å². The first-order chi connectivity index (χ1) is 14.5. The Kier molecular flexibility index (Phi) is 7.96. The van der Waals surface area contributed by atoms with Crippen LogP contribution in [0.2, 0.25) is 0 Å². The lowest BCUT2D eigenvalue weighted by Crippen LogP contribution is -2.29. The summed E-state index contributed by atoms with van der Waals surface area (Å²) in [5.41, 5.74) is 1.82. The van der Waals surface area contributed by atoms with Gasteiger partial charge in [-0.25, -0.2) is 9.48 Å². The van der Waals surface area contributed by atoms with Gasteiger partial charge in [0.25, 0.3) is 5.91 Å². The Morgan fingerprint density at radius 1 is 1.13 bits per heavy atom. The lowest BCUT2D eigenvalue weighted by molar-refractivity contribution is -0.154. The minimum Gasteiger partial charge on any atom is -0.462 e. The highest BCUT2D eigenvalue weighted by molar-refractivity contribution is 5.94. The molecule has 8 heteroatoms. The summed E-state index contributed by atoms with van der Waals surface area (Å²) in [6.45, 7) is 9.76. The van der Waals surface area contributed by atoms with E-state index in [0.29, 0.717) is 36.4 Å². The summed E-state index contributed by atoms with van der Waals surface area (Å²) in [6, 6.07) is 6.98. The summed E-state index contributed by atoms with van der Waals surface area (Å²) >= 11 is 0. The zero-order chi connectivity index (χ0) is 23.2. The van der Waals surface area contributed by atoms with Crippen molar-refractivity contribution >= 4 is 17.8 Å². The molecule has 31 heavy (non-hydrogen) atoms. The molecule has 1 aromatic heterocycles. The third-order valence-electron chi connectivity index (χ3n) is 4.51. The first kappa shape index (κ1) is 24.1. The lowest BCUT2D eigenvalue weighted by Gasteiger charge is -2.20. The summed E-state index contributed by atoms with van der Waals surface area (Å²) < 4.78 is 11.9. The van der Waals surface area contributed by atoms with Crippen molar-refractivity contribution in [2.75, 3.05) is 20.2 Å². The summed E-state index contributed by atoms with van der Waals surface area (Å²) in [6.07, 6.45) is 2.26. The molecule has 0 unspecified atom stereocenters. The number of hydrogen-bond acceptors (Lipinski definition) is 6. The number of ether oxygens (including phenoxy) is 2. The second kappa shape index (κ2) is 10.2. The van der Waals surface area contributed by atoms with E-state index in [1.807, 2.05) is 20.8 Å². The zero-order valence-electron chi connectivity index (χ0n) is 19.1. The Labute approximate surface area is 183 Å². The number of nitrogens with zero attached hydrogens (tertiary/aromatic N) is 3. The molecule has 0 fully saturated rings. The van der Waals surface area contributed by atoms with Gasteiger partial charge in [0, 0.05) is 25.6 Å². The minimum absolute atomic E-state index is 0.139. The van der Waals surface area contributed by atoms with Gasteiger partial charge in [-0.15, -0.1) is 0 Å². The summed E-state index contributed by atoms with van der Waals surface area (Å²) in [5.74, 6) is -0.819. The Bertz CT molecular complexity index is 926. The number of amides is 1. The van der Waals surface area contributed by atoms with Crippen molar-refractivity contribution in [1.29, 1.82) is 0 Å². The minimum atomic E-state index is -0.509. The van der Waals surface area contributed by atoms with Crippen molar-refractivity contribution in [2.24, 2.45) is 0 Å². The molecule has 1 amide bonds. The molecule has 168 valence electrons. The quantitative estimate of drug-likeness (QED) is 0.596. The van der Waals surface area contributed by atoms with E-state index >= 15 is 0 Å². The maximum absolute atomic E-state index is 12.7. The topological polar surface area (TPSA) is 90.7 Å². The number of carbonyl (C=O) groups excluding carboxylic acids is 3. The third kappa shape index (κ3) is 6.67. The van der Waals surface area contributed by atoms with Crippen molar-refractivity contribution in [1.82, 2.24) is 14.7 Å². The van der Waals surface area contributed by atoms with Gasteiger partial charge in [-0.1, -0.05) is 0 Å². The molecule has 0 spiro atoms. The van der Waals surface area contributed by atoms with Crippen LogP contribution < -0.4 is 0 Å². The van der Waals surface area contributed by atoms with Crippen molar-refractivity contribution < 1.29 is 23.9 Å². The van der Waals surface area contributed by atoms with E-state index < -0.39 is 11.6 Å². The average Bonchev–Trinajstić information content (AvgIpc) is 3.07. The number of esters is 2. The average molecular weight is 430 g/mol. The fraction of sp³-hybridized carbons (Fsp3) is 0.478. The highest BCUT2D eigenvalue weighted by atomic mass is 16.6. The van der Waals surface area contributed by atoms with Gasteiger partial charge in [0.1, 0.15) is 11.2 Å². The van der Waals surface area contributed by atoms with Crippen LogP contribution in [0.25, 0.3) is 5.69 Å². The van der Waals surface area contributed by atoms with E-state index in [9.17, 15) is 14.4 Å². The first-order valence-corrected chi connectivity index (χ1v) is 10.3. The molecule has 8 nitrogen and oxygen atoms in total. The molecule has 0 radical (unpaired) electrons. The molecule has 1 aromatic carbocycles. The molecular formula is C23H31N3O5. The predicted molar refractivity (Wildman–Crippen MR) is 116 cm³/mol. The van der Waals surface area contributed by atoms with Gasteiger partial charge in [-0.05, 0) is 65.3 Å². The summed E-state index contributed by atoms with van der Waals surface area (Å²) in [5, 5.41) is 4.26. The SMILES string of the molecule is CCOC(=O)c1cnn(-c2ccc(C(=O)N(C)CCCC(=O)OC(C)(C)C)cc2)c1C. The molecule has 2 rings (SSSR count). The van der Waals surface area contributed by atoms with Crippen molar-refractivity contribution in [3.8, 4) is 5.69 Å². The fourth-order valence-corrected chi connectivity index (χ4v) is 3.00. The van der Waals surface area contributed by atoms with Crippen LogP contribution >= 0.6 is 0 Å². The van der Waals surface area contributed by atoms with E-state index in [4.69, 9.17) is 9.47 Å². The van der Waals surface area contributed by atoms with Gasteiger partial charge in [0.2, 0.25) is 0 Å². The molecule has 2 aromatic rings. The molecule has 0 N–H and O–H groups in total. The second-order valence-corrected chi connectivity index (χ2v) is 8.24. The largest absolute Gasteiger partial charge is 0.462 e. The van der Waals surface area contributed by atoms with E-state index in [0.717, 1.165) is 5.69 Å². The Morgan fingerprint density at radius 3 is 2.35 bits per heavy atom. The molecule has 0 bridgehead atoms. The van der Waals surface area contributed by atoms with Crippen molar-refractivity contribution in [3.05, 3.63) is 47.3 Å². The monoisotopic (exact) mass is 429 g/mol. The normalized spacial score (nSPS) is 11.2. The van der Waals surface area contributed by atoms with Crippen LogP contribution in [0.1, 0.15) is 66.9 Å². The third-order valence-corrected chi connectivity index (χ3v) is 4.51. The molecule has 0 aliphatic heterocycles. The zero-order valence-corrected chi connectivity index (χ0v) is 19.1. The van der Waals surface area contributed by atoms with Crippen LogP contribution in [-0.4, -0.2) is 58.3 Å². The molecule has 0 atom stereocenters. The van der Waals surface area contributed by atoms with E-state index in [1.165, 1.54) is 6.20 Å². The molecule has 0 aliphatic carbocycles. The number of carbonyl (C=O) groups is 3. The number of benzene rings is 1. The maximum atomic E-state index is 12.7. The van der Waals surface area contributed by atoms with Crippen molar-refractivity contribution in [3.63, 3.8) is 0 Å². The standard InChI is InChI=1S/C23H31N3O5/c1-7-30-22(29)19-15-24-26(16(19)2)18-12-10-17(11-13-18)21(28)25(6)14-8-9-20(27)31-23(3,4)5/h10-13,15H,7-9,14H2,1-6H3. The molecule has 0 saturated heterocycles. The van der Waals surface area contributed by atoms with Gasteiger partial charge in [-0.3, -0.25) is 9.59 Å². The number of rotatable bonds is 8. The van der Waals surface area contributed by atoms with E-state index in [-0.39, 0.29) is 18.3 Å². The van der Waals surface area contributed by atoms with Gasteiger partial charge < -0.3 is 14.4 Å². The Morgan fingerprint density at radius 2 is 1.77 bits per heavy atom. The second-order valence-electron chi connectivity index (χ2n) is 8.24. The highest BCUT2D eigenvalue weighted by Crippen LogP contribution is 2.17. The Balaban J connectivity index is 1.98. The number of aromatic nitrogens is 2. The predicted octanol–water partition coefficient (Wildman–Crippen LogP) is 3.55. The number of hydrogen-bond donors (Lipinski definition) is 0. The van der Waals surface area contributed by atoms with Crippen LogP contribution in [0.5, 0.6) is 0 Å². The smallest absolute Gasteiger partial charge is 0.341 e. The van der Waals surface area contributed by atoms with E-state index in [2.05, 4.69) is 5.10 Å². The Hall–Kier alpha value is -3.16. The molecular weight excluding hydrogens is 398 g/mol. The highest BCUT2D eigenvalue weighted by Gasteiger charge is 2.18. The van der Waals surface area contributed by atoms with Crippen LogP contribution in [0.15, 0.2) is 30.5 Å². The summed E-state index contributed by atoms with van der Waals surface area (Å²) in [7, 11) is 1.70. The van der Waals surface area contributed by atoms with Gasteiger partial charge >= 0.3 is 11.9 Å². The summed E-state index contributed by atoms with van der Waals surface area (Å²) in [4.78, 5) is 38.0. The molecule has 1 heterocycles.